The van der Waals surface area contributed by atoms with Gasteiger partial charge in [-0.05, 0) is 43.0 Å². The summed E-state index contributed by atoms with van der Waals surface area (Å²) in [5.74, 6) is 1.39. The maximum atomic E-state index is 12.6. The molecule has 5 rings (SSSR count). The average Bonchev–Trinajstić information content (AvgIpc) is 3.16. The van der Waals surface area contributed by atoms with Gasteiger partial charge < -0.3 is 15.2 Å². The number of ether oxygens (including phenoxy) is 1. The number of hydrogen-bond acceptors (Lipinski definition) is 6. The van der Waals surface area contributed by atoms with Crippen molar-refractivity contribution in [1.82, 2.24) is 19.1 Å². The van der Waals surface area contributed by atoms with Crippen molar-refractivity contribution in [3.8, 4) is 5.75 Å². The molecule has 3 heterocycles. The fraction of sp³-hybridized carbons (Fsp3) is 0.421. The molecule has 0 atom stereocenters. The Bertz CT molecular complexity index is 1110. The van der Waals surface area contributed by atoms with Gasteiger partial charge in [-0.2, -0.15) is 4.98 Å². The van der Waals surface area contributed by atoms with E-state index >= 15 is 0 Å². The fourth-order valence-corrected chi connectivity index (χ4v) is 3.88. The van der Waals surface area contributed by atoms with Gasteiger partial charge in [-0.25, -0.2) is 9.78 Å². The van der Waals surface area contributed by atoms with Crippen molar-refractivity contribution in [3.63, 3.8) is 0 Å². The van der Waals surface area contributed by atoms with Crippen LogP contribution in [0.1, 0.15) is 30.0 Å². The highest BCUT2D eigenvalue weighted by Gasteiger charge is 2.32. The second kappa shape index (κ2) is 5.82. The van der Waals surface area contributed by atoms with E-state index in [1.807, 2.05) is 13.0 Å². The molecule has 1 saturated carbocycles. The van der Waals surface area contributed by atoms with Crippen LogP contribution < -0.4 is 15.7 Å². The van der Waals surface area contributed by atoms with Crippen LogP contribution in [0, 0.1) is 6.92 Å². The van der Waals surface area contributed by atoms with Crippen LogP contribution >= 0.6 is 0 Å². The van der Waals surface area contributed by atoms with E-state index in [2.05, 4.69) is 21.4 Å². The van der Waals surface area contributed by atoms with Crippen LogP contribution in [0.2, 0.25) is 0 Å². The molecular formula is C19H21N5O3. The van der Waals surface area contributed by atoms with Gasteiger partial charge in [0.25, 0.3) is 0 Å². The molecule has 2 N–H and O–H groups in total. The minimum Gasteiger partial charge on any atom is -0.493 e. The first-order chi connectivity index (χ1) is 13.0. The predicted octanol–water partition coefficient (Wildman–Crippen LogP) is 1.81. The SMILES string of the molecule is Cc1cc2c(cc1Nc1ncc3c(n1)n(C1CC(O)C1)c(=O)n3C)CCO2. The lowest BCUT2D eigenvalue weighted by Gasteiger charge is -2.31. The average molecular weight is 367 g/mol. The smallest absolute Gasteiger partial charge is 0.330 e. The van der Waals surface area contributed by atoms with Gasteiger partial charge in [0.1, 0.15) is 11.3 Å². The first kappa shape index (κ1) is 16.3. The Labute approximate surface area is 155 Å². The summed E-state index contributed by atoms with van der Waals surface area (Å²) in [4.78, 5) is 21.6. The number of aromatic nitrogens is 4. The first-order valence-corrected chi connectivity index (χ1v) is 9.16. The standard InChI is InChI=1S/C19H21N5O3/c1-10-5-16-11(3-4-27-16)6-14(10)21-18-20-9-15-17(22-18)24(19(26)23(15)2)12-7-13(25)8-12/h5-6,9,12-13,25H,3-4,7-8H2,1-2H3,(H,20,21,22). The first-order valence-electron chi connectivity index (χ1n) is 9.16. The van der Waals surface area contributed by atoms with E-state index in [9.17, 15) is 9.90 Å². The maximum absolute atomic E-state index is 12.6. The lowest BCUT2D eigenvalue weighted by Crippen LogP contribution is -2.37. The van der Waals surface area contributed by atoms with E-state index in [0.29, 0.717) is 36.6 Å². The minimum atomic E-state index is -0.340. The molecule has 140 valence electrons. The number of benzene rings is 1. The van der Waals surface area contributed by atoms with Gasteiger partial charge in [-0.15, -0.1) is 0 Å². The monoisotopic (exact) mass is 367 g/mol. The van der Waals surface area contributed by atoms with E-state index in [-0.39, 0.29) is 17.8 Å². The van der Waals surface area contributed by atoms with E-state index in [1.54, 1.807) is 22.4 Å². The third-order valence-corrected chi connectivity index (χ3v) is 5.57. The van der Waals surface area contributed by atoms with Gasteiger partial charge in [0.05, 0.1) is 18.9 Å². The molecule has 1 aliphatic carbocycles. The summed E-state index contributed by atoms with van der Waals surface area (Å²) in [6.07, 6.45) is 3.38. The van der Waals surface area contributed by atoms with Gasteiger partial charge in [0.15, 0.2) is 5.65 Å². The van der Waals surface area contributed by atoms with Crippen molar-refractivity contribution in [2.75, 3.05) is 11.9 Å². The molecule has 0 unspecified atom stereocenters. The van der Waals surface area contributed by atoms with Gasteiger partial charge in [0.2, 0.25) is 5.95 Å². The van der Waals surface area contributed by atoms with Crippen molar-refractivity contribution >= 4 is 22.8 Å². The molecule has 0 bridgehead atoms. The quantitative estimate of drug-likeness (QED) is 0.733. The number of aliphatic hydroxyl groups excluding tert-OH is 1. The molecule has 0 amide bonds. The number of aryl methyl sites for hydroxylation is 2. The topological polar surface area (TPSA) is 94.2 Å². The Hall–Kier alpha value is -2.87. The van der Waals surface area contributed by atoms with Crippen LogP contribution in [-0.4, -0.2) is 36.9 Å². The highest BCUT2D eigenvalue weighted by molar-refractivity contribution is 5.73. The number of imidazole rings is 1. The predicted molar refractivity (Wildman–Crippen MR) is 101 cm³/mol. The Morgan fingerprint density at radius 3 is 2.93 bits per heavy atom. The molecule has 0 spiro atoms. The summed E-state index contributed by atoms with van der Waals surface area (Å²) < 4.78 is 8.84. The zero-order chi connectivity index (χ0) is 18.7. The summed E-state index contributed by atoms with van der Waals surface area (Å²) in [6, 6.07) is 4.08. The second-order valence-corrected chi connectivity index (χ2v) is 7.39. The highest BCUT2D eigenvalue weighted by atomic mass is 16.5. The van der Waals surface area contributed by atoms with Gasteiger partial charge in [-0.3, -0.25) is 9.13 Å². The molecule has 3 aromatic rings. The zero-order valence-corrected chi connectivity index (χ0v) is 15.3. The van der Waals surface area contributed by atoms with Crippen molar-refractivity contribution in [3.05, 3.63) is 39.9 Å². The van der Waals surface area contributed by atoms with Gasteiger partial charge in [0, 0.05) is 25.2 Å². The number of hydrogen-bond donors (Lipinski definition) is 2. The van der Waals surface area contributed by atoms with Crippen LogP contribution in [0.3, 0.4) is 0 Å². The Balaban J connectivity index is 1.55. The normalized spacial score (nSPS) is 21.0. The minimum absolute atomic E-state index is 0.0159. The van der Waals surface area contributed by atoms with E-state index in [0.717, 1.165) is 23.4 Å². The number of fused-ring (bicyclic) bond motifs is 2. The molecule has 27 heavy (non-hydrogen) atoms. The van der Waals surface area contributed by atoms with Crippen LogP contribution in [0.4, 0.5) is 11.6 Å². The lowest BCUT2D eigenvalue weighted by atomic mass is 9.89. The van der Waals surface area contributed by atoms with Crippen molar-refractivity contribution in [1.29, 1.82) is 0 Å². The number of aliphatic hydroxyl groups is 1. The molecule has 1 fully saturated rings. The van der Waals surface area contributed by atoms with Gasteiger partial charge in [-0.1, -0.05) is 0 Å². The molecule has 8 heteroatoms. The fourth-order valence-electron chi connectivity index (χ4n) is 3.88. The molecule has 2 aliphatic rings. The van der Waals surface area contributed by atoms with Crippen molar-refractivity contribution < 1.29 is 9.84 Å². The van der Waals surface area contributed by atoms with Crippen LogP contribution in [0.5, 0.6) is 5.75 Å². The number of anilines is 2. The largest absolute Gasteiger partial charge is 0.493 e. The Morgan fingerprint density at radius 1 is 1.33 bits per heavy atom. The molecule has 0 radical (unpaired) electrons. The van der Waals surface area contributed by atoms with Gasteiger partial charge >= 0.3 is 5.69 Å². The third-order valence-electron chi connectivity index (χ3n) is 5.57. The molecular weight excluding hydrogens is 346 g/mol. The summed E-state index contributed by atoms with van der Waals surface area (Å²) in [5.41, 5.74) is 4.31. The van der Waals surface area contributed by atoms with Crippen LogP contribution in [0.25, 0.3) is 11.2 Å². The summed E-state index contributed by atoms with van der Waals surface area (Å²) in [6.45, 7) is 2.72. The van der Waals surface area contributed by atoms with Crippen molar-refractivity contribution in [2.24, 2.45) is 7.05 Å². The summed E-state index contributed by atoms with van der Waals surface area (Å²) in [5, 5.41) is 12.9. The Morgan fingerprint density at radius 2 is 2.15 bits per heavy atom. The summed E-state index contributed by atoms with van der Waals surface area (Å²) in [7, 11) is 1.72. The van der Waals surface area contributed by atoms with Crippen LogP contribution in [-0.2, 0) is 13.5 Å². The zero-order valence-electron chi connectivity index (χ0n) is 15.3. The lowest BCUT2D eigenvalue weighted by molar-refractivity contribution is 0.0484. The number of rotatable bonds is 3. The maximum Gasteiger partial charge on any atom is 0.330 e. The molecule has 1 aromatic carbocycles. The van der Waals surface area contributed by atoms with Crippen LogP contribution in [0.15, 0.2) is 23.1 Å². The summed E-state index contributed by atoms with van der Waals surface area (Å²) >= 11 is 0. The molecule has 1 aliphatic heterocycles. The highest BCUT2D eigenvalue weighted by Crippen LogP contribution is 2.34. The number of nitrogens with zero attached hydrogens (tertiary/aromatic N) is 4. The van der Waals surface area contributed by atoms with E-state index in [4.69, 9.17) is 4.74 Å². The van der Waals surface area contributed by atoms with E-state index < -0.39 is 0 Å². The van der Waals surface area contributed by atoms with E-state index in [1.165, 1.54) is 5.56 Å². The second-order valence-electron chi connectivity index (χ2n) is 7.39. The third kappa shape index (κ3) is 2.51. The Kier molecular flexibility index (Phi) is 3.51. The van der Waals surface area contributed by atoms with Crippen molar-refractivity contribution in [2.45, 2.75) is 38.3 Å². The molecule has 2 aromatic heterocycles. The molecule has 0 saturated heterocycles. The number of nitrogens with one attached hydrogen (secondary N) is 1. The molecule has 8 nitrogen and oxygen atoms in total.